The third-order valence-corrected chi connectivity index (χ3v) is 3.78. The lowest BCUT2D eigenvalue weighted by atomic mass is 9.96. The second-order valence-corrected chi connectivity index (χ2v) is 5.03. The molecule has 0 bridgehead atoms. The molecule has 3 rings (SSSR count). The van der Waals surface area contributed by atoms with Gasteiger partial charge in [0.25, 0.3) is 0 Å². The number of pyridine rings is 1. The maximum Gasteiger partial charge on any atom is 0.336 e. The number of carboxylic acid groups (broad SMARTS) is 1. The van der Waals surface area contributed by atoms with Crippen molar-refractivity contribution >= 4 is 16.9 Å². The van der Waals surface area contributed by atoms with E-state index in [4.69, 9.17) is 0 Å². The molecule has 0 unspecified atom stereocenters. The van der Waals surface area contributed by atoms with Crippen molar-refractivity contribution < 1.29 is 18.7 Å². The monoisotopic (exact) mass is 277 g/mol. The Morgan fingerprint density at radius 1 is 1.10 bits per heavy atom. The lowest BCUT2D eigenvalue weighted by Gasteiger charge is -2.13. The first-order valence-electron chi connectivity index (χ1n) is 6.62. The predicted octanol–water partition coefficient (Wildman–Crippen LogP) is 3.48. The number of aryl methyl sites for hydroxylation is 1. The lowest BCUT2D eigenvalue weighted by Crippen LogP contribution is -2.10. The highest BCUT2D eigenvalue weighted by molar-refractivity contribution is 6.04. The normalized spacial score (nSPS) is 14.9. The van der Waals surface area contributed by atoms with Crippen molar-refractivity contribution in [2.24, 2.45) is 0 Å². The highest BCUT2D eigenvalue weighted by atomic mass is 19.1. The minimum absolute atomic E-state index is 0.121. The minimum Gasteiger partial charge on any atom is -0.478 e. The van der Waals surface area contributed by atoms with Crippen LogP contribution in [0.25, 0.3) is 10.9 Å². The van der Waals surface area contributed by atoms with E-state index in [1.807, 2.05) is 0 Å². The van der Waals surface area contributed by atoms with Gasteiger partial charge in [0.1, 0.15) is 17.2 Å². The van der Waals surface area contributed by atoms with Crippen LogP contribution in [0.15, 0.2) is 12.1 Å². The van der Waals surface area contributed by atoms with Gasteiger partial charge in [0.15, 0.2) is 0 Å². The van der Waals surface area contributed by atoms with Crippen LogP contribution in [-0.4, -0.2) is 16.1 Å². The largest absolute Gasteiger partial charge is 0.478 e. The summed E-state index contributed by atoms with van der Waals surface area (Å²) in [5.74, 6) is -2.64. The standard InChI is InChI=1S/C15H13F2NO2/c16-9-6-7-10(17)14-13(9)12(15(19)20)8-4-2-1-3-5-11(8)18-14/h6-7H,1-5H2,(H,19,20). The number of rotatable bonds is 1. The number of hydrogen-bond acceptors (Lipinski definition) is 2. The zero-order valence-corrected chi connectivity index (χ0v) is 10.7. The first-order valence-corrected chi connectivity index (χ1v) is 6.62. The summed E-state index contributed by atoms with van der Waals surface area (Å²) in [4.78, 5) is 15.7. The zero-order valence-electron chi connectivity index (χ0n) is 10.7. The molecule has 0 amide bonds. The molecule has 0 aliphatic heterocycles. The molecule has 1 aliphatic carbocycles. The molecule has 1 N–H and O–H groups in total. The number of halogens is 2. The lowest BCUT2D eigenvalue weighted by molar-refractivity contribution is 0.0697. The van der Waals surface area contributed by atoms with Gasteiger partial charge in [-0.2, -0.15) is 0 Å². The molecule has 104 valence electrons. The average molecular weight is 277 g/mol. The van der Waals surface area contributed by atoms with Gasteiger partial charge in [-0.3, -0.25) is 0 Å². The Morgan fingerprint density at radius 2 is 1.80 bits per heavy atom. The topological polar surface area (TPSA) is 50.2 Å². The summed E-state index contributed by atoms with van der Waals surface area (Å²) in [5, 5.41) is 9.22. The van der Waals surface area contributed by atoms with Crippen molar-refractivity contribution in [2.75, 3.05) is 0 Å². The van der Waals surface area contributed by atoms with E-state index in [0.29, 0.717) is 24.1 Å². The first-order chi connectivity index (χ1) is 9.59. The fourth-order valence-corrected chi connectivity index (χ4v) is 2.87. The molecule has 0 saturated carbocycles. The van der Waals surface area contributed by atoms with Gasteiger partial charge in [0.2, 0.25) is 0 Å². The van der Waals surface area contributed by atoms with Crippen LogP contribution in [0.2, 0.25) is 0 Å². The van der Waals surface area contributed by atoms with Gasteiger partial charge < -0.3 is 5.11 Å². The molecule has 0 atom stereocenters. The van der Waals surface area contributed by atoms with Crippen LogP contribution in [0, 0.1) is 11.6 Å². The van der Waals surface area contributed by atoms with E-state index in [0.717, 1.165) is 31.4 Å². The summed E-state index contributed by atoms with van der Waals surface area (Å²) in [7, 11) is 0. The van der Waals surface area contributed by atoms with Crippen LogP contribution in [0.1, 0.15) is 40.9 Å². The highest BCUT2D eigenvalue weighted by Crippen LogP contribution is 2.31. The number of carboxylic acids is 1. The Hall–Kier alpha value is -2.04. The van der Waals surface area contributed by atoms with Crippen LogP contribution in [0.3, 0.4) is 0 Å². The molecule has 1 aromatic heterocycles. The van der Waals surface area contributed by atoms with Gasteiger partial charge in [-0.1, -0.05) is 6.42 Å². The van der Waals surface area contributed by atoms with Crippen LogP contribution < -0.4 is 0 Å². The maximum atomic E-state index is 14.0. The van der Waals surface area contributed by atoms with Gasteiger partial charge >= 0.3 is 5.97 Å². The number of benzene rings is 1. The fourth-order valence-electron chi connectivity index (χ4n) is 2.87. The van der Waals surface area contributed by atoms with E-state index in [2.05, 4.69) is 4.98 Å². The van der Waals surface area contributed by atoms with Crippen LogP contribution in [-0.2, 0) is 12.8 Å². The summed E-state index contributed by atoms with van der Waals surface area (Å²) in [5.41, 5.74) is 0.857. The van der Waals surface area contributed by atoms with E-state index in [9.17, 15) is 18.7 Å². The molecule has 20 heavy (non-hydrogen) atoms. The first kappa shape index (κ1) is 13.0. The Kier molecular flexibility index (Phi) is 3.12. The van der Waals surface area contributed by atoms with E-state index < -0.39 is 17.6 Å². The number of carbonyl (C=O) groups is 1. The van der Waals surface area contributed by atoms with Crippen molar-refractivity contribution in [3.05, 3.63) is 40.6 Å². The predicted molar refractivity (Wildman–Crippen MR) is 69.9 cm³/mol. The Labute approximate surface area is 114 Å². The fraction of sp³-hybridized carbons (Fsp3) is 0.333. The average Bonchev–Trinajstić information content (AvgIpc) is 2.65. The third kappa shape index (κ3) is 1.94. The highest BCUT2D eigenvalue weighted by Gasteiger charge is 2.24. The minimum atomic E-state index is -1.22. The molecular weight excluding hydrogens is 264 g/mol. The van der Waals surface area contributed by atoms with E-state index in [1.54, 1.807) is 0 Å². The summed E-state index contributed by atoms with van der Waals surface area (Å²) < 4.78 is 27.8. The molecule has 1 aromatic carbocycles. The summed E-state index contributed by atoms with van der Waals surface area (Å²) in [6, 6.07) is 1.94. The Bertz CT molecular complexity index is 713. The van der Waals surface area contributed by atoms with Crippen LogP contribution in [0.5, 0.6) is 0 Å². The molecular formula is C15H13F2NO2. The molecule has 3 nitrogen and oxygen atoms in total. The van der Waals surface area contributed by atoms with Crippen molar-refractivity contribution in [1.29, 1.82) is 0 Å². The van der Waals surface area contributed by atoms with Crippen LogP contribution in [0.4, 0.5) is 8.78 Å². The molecule has 1 heterocycles. The molecule has 0 spiro atoms. The van der Waals surface area contributed by atoms with Gasteiger partial charge in [-0.25, -0.2) is 18.6 Å². The smallest absolute Gasteiger partial charge is 0.336 e. The van der Waals surface area contributed by atoms with Crippen molar-refractivity contribution in [2.45, 2.75) is 32.1 Å². The summed E-state index contributed by atoms with van der Waals surface area (Å²) in [6.07, 6.45) is 3.87. The molecule has 1 aliphatic rings. The second kappa shape index (κ2) is 4.81. The van der Waals surface area contributed by atoms with Gasteiger partial charge in [-0.05, 0) is 43.4 Å². The van der Waals surface area contributed by atoms with E-state index in [-0.39, 0.29) is 16.5 Å². The molecule has 0 saturated heterocycles. The van der Waals surface area contributed by atoms with Crippen molar-refractivity contribution in [1.82, 2.24) is 4.98 Å². The number of aromatic nitrogens is 1. The molecule has 2 aromatic rings. The summed E-state index contributed by atoms with van der Waals surface area (Å²) >= 11 is 0. The number of hydrogen-bond donors (Lipinski definition) is 1. The zero-order chi connectivity index (χ0) is 14.3. The quantitative estimate of drug-likeness (QED) is 0.812. The number of aromatic carboxylic acids is 1. The van der Waals surface area contributed by atoms with Gasteiger partial charge in [0, 0.05) is 5.69 Å². The third-order valence-electron chi connectivity index (χ3n) is 3.78. The molecule has 0 fully saturated rings. The van der Waals surface area contributed by atoms with E-state index in [1.165, 1.54) is 0 Å². The molecule has 5 heteroatoms. The second-order valence-electron chi connectivity index (χ2n) is 5.03. The van der Waals surface area contributed by atoms with Crippen molar-refractivity contribution in [3.63, 3.8) is 0 Å². The van der Waals surface area contributed by atoms with Crippen LogP contribution >= 0.6 is 0 Å². The molecule has 0 radical (unpaired) electrons. The maximum absolute atomic E-state index is 14.0. The van der Waals surface area contributed by atoms with E-state index >= 15 is 0 Å². The Morgan fingerprint density at radius 3 is 2.55 bits per heavy atom. The Balaban J connectivity index is 2.46. The summed E-state index contributed by atoms with van der Waals surface area (Å²) in [6.45, 7) is 0. The van der Waals surface area contributed by atoms with Gasteiger partial charge in [-0.15, -0.1) is 0 Å². The van der Waals surface area contributed by atoms with Gasteiger partial charge in [0.05, 0.1) is 10.9 Å². The SMILES string of the molecule is O=C(O)c1c2c(nc3c(F)ccc(F)c13)CCCCC2. The number of nitrogens with zero attached hydrogens (tertiary/aromatic N) is 1. The number of fused-ring (bicyclic) bond motifs is 2. The van der Waals surface area contributed by atoms with Crippen molar-refractivity contribution in [3.8, 4) is 0 Å².